The molecule has 0 bridgehead atoms. The summed E-state index contributed by atoms with van der Waals surface area (Å²) in [5.41, 5.74) is 1.46. The van der Waals surface area contributed by atoms with Crippen molar-refractivity contribution in [1.82, 2.24) is 15.2 Å². The monoisotopic (exact) mass is 379 g/mol. The summed E-state index contributed by atoms with van der Waals surface area (Å²) in [6.45, 7) is 6.47. The number of hydrogen-bond donors (Lipinski definition) is 2. The van der Waals surface area contributed by atoms with Crippen LogP contribution in [-0.4, -0.2) is 31.6 Å². The van der Waals surface area contributed by atoms with Gasteiger partial charge in [0.1, 0.15) is 10.6 Å². The molecular weight excluding hydrogens is 354 g/mol. The third kappa shape index (κ3) is 5.15. The van der Waals surface area contributed by atoms with E-state index in [2.05, 4.69) is 15.2 Å². The Balaban J connectivity index is 1.90. The lowest BCUT2D eigenvalue weighted by Crippen LogP contribution is -2.47. The van der Waals surface area contributed by atoms with Crippen LogP contribution in [0.1, 0.15) is 37.3 Å². The zero-order chi connectivity index (χ0) is 19.3. The number of benzene rings is 1. The largest absolute Gasteiger partial charge is 0.360 e. The first-order chi connectivity index (χ1) is 12.2. The molecule has 1 aromatic heterocycles. The lowest BCUT2D eigenvalue weighted by Gasteiger charge is -2.18. The van der Waals surface area contributed by atoms with E-state index in [-0.39, 0.29) is 28.3 Å². The van der Waals surface area contributed by atoms with Crippen molar-refractivity contribution in [3.63, 3.8) is 0 Å². The molecular formula is C18H25N3O4S. The quantitative estimate of drug-likeness (QED) is 0.731. The van der Waals surface area contributed by atoms with Crippen molar-refractivity contribution in [2.45, 2.75) is 57.5 Å². The Bertz CT molecular complexity index is 827. The van der Waals surface area contributed by atoms with Gasteiger partial charge in [-0.05, 0) is 46.1 Å². The smallest absolute Gasteiger partial charge is 0.246 e. The predicted octanol–water partition coefficient (Wildman–Crippen LogP) is 2.10. The van der Waals surface area contributed by atoms with E-state index in [1.54, 1.807) is 6.92 Å². The molecule has 7 nitrogen and oxygen atoms in total. The number of aromatic nitrogens is 1. The third-order valence-electron chi connectivity index (χ3n) is 4.06. The molecule has 2 aromatic rings. The van der Waals surface area contributed by atoms with Crippen molar-refractivity contribution in [2.24, 2.45) is 0 Å². The average molecular weight is 379 g/mol. The van der Waals surface area contributed by atoms with Gasteiger partial charge in [-0.25, -0.2) is 8.42 Å². The van der Waals surface area contributed by atoms with Crippen molar-refractivity contribution < 1.29 is 17.7 Å². The first-order valence-electron chi connectivity index (χ1n) is 8.50. The van der Waals surface area contributed by atoms with Gasteiger partial charge in [-0.3, -0.25) is 4.79 Å². The number of rotatable bonds is 8. The molecule has 0 fully saturated rings. The SMILES string of the molecule is Cc1noc(C)c1S(=O)(=O)N[C@@H](C)C(=O)N[C@@H](C)CCc1ccccc1. The minimum Gasteiger partial charge on any atom is -0.360 e. The highest BCUT2D eigenvalue weighted by molar-refractivity contribution is 7.89. The van der Waals surface area contributed by atoms with E-state index in [1.807, 2.05) is 37.3 Å². The normalized spacial score (nSPS) is 14.0. The minimum absolute atomic E-state index is 0.0192. The fourth-order valence-electron chi connectivity index (χ4n) is 2.67. The molecule has 0 aliphatic carbocycles. The molecule has 0 unspecified atom stereocenters. The number of aryl methyl sites for hydroxylation is 3. The zero-order valence-electron chi connectivity index (χ0n) is 15.4. The Kier molecular flexibility index (Phi) is 6.55. The van der Waals surface area contributed by atoms with Crippen LogP contribution < -0.4 is 10.0 Å². The van der Waals surface area contributed by atoms with Crippen molar-refractivity contribution in [3.8, 4) is 0 Å². The second kappa shape index (κ2) is 8.46. The molecule has 1 heterocycles. The maximum absolute atomic E-state index is 12.5. The lowest BCUT2D eigenvalue weighted by atomic mass is 10.1. The fourth-order valence-corrected chi connectivity index (χ4v) is 4.20. The first-order valence-corrected chi connectivity index (χ1v) is 9.98. The summed E-state index contributed by atoms with van der Waals surface area (Å²) < 4.78 is 32.2. The molecule has 2 rings (SSSR count). The van der Waals surface area contributed by atoms with Gasteiger partial charge in [-0.15, -0.1) is 0 Å². The summed E-state index contributed by atoms with van der Waals surface area (Å²) in [6, 6.07) is 9.00. The van der Waals surface area contributed by atoms with Crippen LogP contribution in [0.4, 0.5) is 0 Å². The zero-order valence-corrected chi connectivity index (χ0v) is 16.3. The van der Waals surface area contributed by atoms with Gasteiger partial charge in [0.25, 0.3) is 0 Å². The van der Waals surface area contributed by atoms with E-state index < -0.39 is 16.1 Å². The van der Waals surface area contributed by atoms with E-state index in [1.165, 1.54) is 19.4 Å². The summed E-state index contributed by atoms with van der Waals surface area (Å²) in [6.07, 6.45) is 1.60. The van der Waals surface area contributed by atoms with Crippen LogP contribution in [0, 0.1) is 13.8 Å². The highest BCUT2D eigenvalue weighted by atomic mass is 32.2. The fraction of sp³-hybridized carbons (Fsp3) is 0.444. The van der Waals surface area contributed by atoms with Gasteiger partial charge < -0.3 is 9.84 Å². The Morgan fingerprint density at radius 3 is 2.42 bits per heavy atom. The topological polar surface area (TPSA) is 101 Å². The second-order valence-electron chi connectivity index (χ2n) is 6.43. The molecule has 2 N–H and O–H groups in total. The molecule has 0 saturated heterocycles. The molecule has 0 aliphatic rings. The molecule has 142 valence electrons. The van der Waals surface area contributed by atoms with E-state index in [0.717, 1.165) is 12.8 Å². The summed E-state index contributed by atoms with van der Waals surface area (Å²) in [4.78, 5) is 12.3. The van der Waals surface area contributed by atoms with E-state index >= 15 is 0 Å². The highest BCUT2D eigenvalue weighted by Crippen LogP contribution is 2.18. The van der Waals surface area contributed by atoms with Gasteiger partial charge in [-0.2, -0.15) is 4.72 Å². The second-order valence-corrected chi connectivity index (χ2v) is 8.08. The molecule has 2 atom stereocenters. The Hall–Kier alpha value is -2.19. The van der Waals surface area contributed by atoms with Gasteiger partial charge in [-0.1, -0.05) is 35.5 Å². The van der Waals surface area contributed by atoms with Crippen molar-refractivity contribution >= 4 is 15.9 Å². The van der Waals surface area contributed by atoms with Crippen molar-refractivity contribution in [3.05, 3.63) is 47.3 Å². The van der Waals surface area contributed by atoms with Gasteiger partial charge >= 0.3 is 0 Å². The van der Waals surface area contributed by atoms with Crippen LogP contribution in [0.2, 0.25) is 0 Å². The average Bonchev–Trinajstić information content (AvgIpc) is 2.93. The van der Waals surface area contributed by atoms with Crippen LogP contribution in [0.3, 0.4) is 0 Å². The Morgan fingerprint density at radius 2 is 1.85 bits per heavy atom. The summed E-state index contributed by atoms with van der Waals surface area (Å²) in [5.74, 6) is -0.181. The van der Waals surface area contributed by atoms with Gasteiger partial charge in [0.2, 0.25) is 15.9 Å². The molecule has 26 heavy (non-hydrogen) atoms. The Morgan fingerprint density at radius 1 is 1.19 bits per heavy atom. The molecule has 1 amide bonds. The molecule has 0 saturated carbocycles. The van der Waals surface area contributed by atoms with Crippen LogP contribution in [0.15, 0.2) is 39.8 Å². The van der Waals surface area contributed by atoms with Gasteiger partial charge in [0.15, 0.2) is 5.76 Å². The molecule has 1 aromatic carbocycles. The third-order valence-corrected chi connectivity index (χ3v) is 5.84. The molecule has 8 heteroatoms. The predicted molar refractivity (Wildman–Crippen MR) is 98.1 cm³/mol. The van der Waals surface area contributed by atoms with Crippen LogP contribution in [-0.2, 0) is 21.2 Å². The molecule has 0 aliphatic heterocycles. The molecule has 0 spiro atoms. The number of sulfonamides is 1. The number of carbonyl (C=O) groups excluding carboxylic acids is 1. The lowest BCUT2D eigenvalue weighted by molar-refractivity contribution is -0.123. The number of nitrogens with one attached hydrogen (secondary N) is 2. The summed E-state index contributed by atoms with van der Waals surface area (Å²) in [7, 11) is -3.88. The highest BCUT2D eigenvalue weighted by Gasteiger charge is 2.28. The van der Waals surface area contributed by atoms with Crippen LogP contribution in [0.25, 0.3) is 0 Å². The Labute approximate surface area is 154 Å². The van der Waals surface area contributed by atoms with Crippen LogP contribution in [0.5, 0.6) is 0 Å². The first kappa shape index (κ1) is 20.1. The standard InChI is InChI=1S/C18H25N3O4S/c1-12(10-11-16-8-6-5-7-9-16)19-18(22)14(3)21-26(23,24)17-13(2)20-25-15(17)4/h5-9,12,14,21H,10-11H2,1-4H3,(H,19,22)/t12-,14-/m0/s1. The number of amides is 1. The number of hydrogen-bond acceptors (Lipinski definition) is 5. The maximum Gasteiger partial charge on any atom is 0.246 e. The molecule has 0 radical (unpaired) electrons. The number of nitrogens with zero attached hydrogens (tertiary/aromatic N) is 1. The maximum atomic E-state index is 12.5. The summed E-state index contributed by atoms with van der Waals surface area (Å²) >= 11 is 0. The van der Waals surface area contributed by atoms with Crippen LogP contribution >= 0.6 is 0 Å². The van der Waals surface area contributed by atoms with E-state index in [0.29, 0.717) is 0 Å². The van der Waals surface area contributed by atoms with Gasteiger partial charge in [0, 0.05) is 6.04 Å². The van der Waals surface area contributed by atoms with E-state index in [4.69, 9.17) is 4.52 Å². The minimum atomic E-state index is -3.88. The summed E-state index contributed by atoms with van der Waals surface area (Å²) in [5, 5.41) is 6.48. The van der Waals surface area contributed by atoms with E-state index in [9.17, 15) is 13.2 Å². The van der Waals surface area contributed by atoms with Gasteiger partial charge in [0.05, 0.1) is 6.04 Å². The van der Waals surface area contributed by atoms with Crippen molar-refractivity contribution in [1.29, 1.82) is 0 Å². The number of carbonyl (C=O) groups is 1. The van der Waals surface area contributed by atoms with Crippen molar-refractivity contribution in [2.75, 3.05) is 0 Å².